The maximum Gasteiger partial charge on any atom is 0.340 e. The van der Waals surface area contributed by atoms with Crippen LogP contribution in [0, 0.1) is 0 Å². The van der Waals surface area contributed by atoms with Gasteiger partial charge in [-0.2, -0.15) is 0 Å². The summed E-state index contributed by atoms with van der Waals surface area (Å²) in [6, 6.07) is 8.91. The standard InChI is InChI=1S/C14H13NO3S2/c1-18-14(17)11-7-8-20-13(11)15-12(16)9-3-5-10(19-2)6-4-9/h3-8H,1-2H3,(H,15,16). The van der Waals surface area contributed by atoms with Crippen molar-refractivity contribution in [2.45, 2.75) is 4.90 Å². The lowest BCUT2D eigenvalue weighted by Crippen LogP contribution is -2.13. The highest BCUT2D eigenvalue weighted by Gasteiger charge is 2.16. The summed E-state index contributed by atoms with van der Waals surface area (Å²) in [7, 11) is 1.31. The maximum atomic E-state index is 12.1. The Morgan fingerprint density at radius 1 is 1.20 bits per heavy atom. The van der Waals surface area contributed by atoms with Crippen LogP contribution in [0.1, 0.15) is 20.7 Å². The number of rotatable bonds is 4. The molecule has 2 aromatic rings. The molecule has 104 valence electrons. The predicted molar refractivity (Wildman–Crippen MR) is 81.8 cm³/mol. The summed E-state index contributed by atoms with van der Waals surface area (Å²) in [5.41, 5.74) is 0.915. The van der Waals surface area contributed by atoms with Gasteiger partial charge in [-0.05, 0) is 42.0 Å². The number of amides is 1. The third kappa shape index (κ3) is 3.20. The zero-order valence-electron chi connectivity index (χ0n) is 11.0. The minimum absolute atomic E-state index is 0.245. The average Bonchev–Trinajstić information content (AvgIpc) is 2.94. The quantitative estimate of drug-likeness (QED) is 0.694. The van der Waals surface area contributed by atoms with Crippen molar-refractivity contribution in [3.63, 3.8) is 0 Å². The summed E-state index contributed by atoms with van der Waals surface area (Å²) < 4.78 is 4.67. The number of anilines is 1. The van der Waals surface area contributed by atoms with E-state index >= 15 is 0 Å². The summed E-state index contributed by atoms with van der Waals surface area (Å²) in [6.07, 6.45) is 1.98. The van der Waals surface area contributed by atoms with Gasteiger partial charge in [-0.15, -0.1) is 23.1 Å². The minimum Gasteiger partial charge on any atom is -0.465 e. The molecule has 0 unspecified atom stereocenters. The first-order chi connectivity index (χ1) is 9.65. The molecule has 2 rings (SSSR count). The molecule has 0 saturated heterocycles. The molecular weight excluding hydrogens is 294 g/mol. The fourth-order valence-electron chi connectivity index (χ4n) is 1.59. The molecule has 0 aliphatic carbocycles. The van der Waals surface area contributed by atoms with Gasteiger partial charge in [-0.1, -0.05) is 0 Å². The second kappa shape index (κ2) is 6.58. The Hall–Kier alpha value is -1.79. The lowest BCUT2D eigenvalue weighted by Gasteiger charge is -2.06. The van der Waals surface area contributed by atoms with Crippen LogP contribution in [0.25, 0.3) is 0 Å². The molecule has 6 heteroatoms. The van der Waals surface area contributed by atoms with Crippen LogP contribution in [0.4, 0.5) is 5.00 Å². The summed E-state index contributed by atoms with van der Waals surface area (Å²) in [5, 5.41) is 4.96. The molecule has 1 aromatic carbocycles. The van der Waals surface area contributed by atoms with Gasteiger partial charge in [0.05, 0.1) is 12.7 Å². The molecule has 0 aliphatic rings. The highest BCUT2D eigenvalue weighted by molar-refractivity contribution is 7.98. The first-order valence-electron chi connectivity index (χ1n) is 5.77. The fraction of sp³-hybridized carbons (Fsp3) is 0.143. The summed E-state index contributed by atoms with van der Waals surface area (Å²) in [4.78, 5) is 24.7. The monoisotopic (exact) mass is 307 g/mol. The first kappa shape index (κ1) is 14.6. The summed E-state index contributed by atoms with van der Waals surface area (Å²) in [5.74, 6) is -0.704. The number of hydrogen-bond donors (Lipinski definition) is 1. The van der Waals surface area contributed by atoms with Crippen molar-refractivity contribution >= 4 is 40.0 Å². The summed E-state index contributed by atoms with van der Waals surface area (Å²) >= 11 is 2.90. The van der Waals surface area contributed by atoms with E-state index in [4.69, 9.17) is 0 Å². The Morgan fingerprint density at radius 2 is 1.90 bits per heavy atom. The van der Waals surface area contributed by atoms with Crippen LogP contribution in [-0.4, -0.2) is 25.2 Å². The van der Waals surface area contributed by atoms with E-state index in [9.17, 15) is 9.59 Å². The van der Waals surface area contributed by atoms with Crippen molar-refractivity contribution in [3.05, 3.63) is 46.8 Å². The normalized spacial score (nSPS) is 10.1. The number of ether oxygens (including phenoxy) is 1. The van der Waals surface area contributed by atoms with Crippen molar-refractivity contribution < 1.29 is 14.3 Å². The molecule has 0 radical (unpaired) electrons. The molecule has 1 N–H and O–H groups in total. The number of methoxy groups -OCH3 is 1. The molecule has 4 nitrogen and oxygen atoms in total. The van der Waals surface area contributed by atoms with Gasteiger partial charge in [0.25, 0.3) is 5.91 Å². The highest BCUT2D eigenvalue weighted by Crippen LogP contribution is 2.25. The Labute approximate surface area is 125 Å². The van der Waals surface area contributed by atoms with E-state index in [0.717, 1.165) is 4.90 Å². The van der Waals surface area contributed by atoms with Crippen LogP contribution in [-0.2, 0) is 4.74 Å². The topological polar surface area (TPSA) is 55.4 Å². The number of nitrogens with one attached hydrogen (secondary N) is 1. The third-order valence-corrected chi connectivity index (χ3v) is 4.22. The van der Waals surface area contributed by atoms with Gasteiger partial charge in [0.15, 0.2) is 0 Å². The Morgan fingerprint density at radius 3 is 2.50 bits per heavy atom. The molecule has 0 bridgehead atoms. The van der Waals surface area contributed by atoms with Gasteiger partial charge in [-0.25, -0.2) is 4.79 Å². The highest BCUT2D eigenvalue weighted by atomic mass is 32.2. The zero-order chi connectivity index (χ0) is 14.5. The number of benzene rings is 1. The molecule has 0 atom stereocenters. The minimum atomic E-state index is -0.459. The number of hydrogen-bond acceptors (Lipinski definition) is 5. The van der Waals surface area contributed by atoms with Crippen molar-refractivity contribution in [1.82, 2.24) is 0 Å². The number of thioether (sulfide) groups is 1. The van der Waals surface area contributed by atoms with Gasteiger partial charge in [0.1, 0.15) is 5.00 Å². The van der Waals surface area contributed by atoms with Crippen LogP contribution in [0.5, 0.6) is 0 Å². The van der Waals surface area contributed by atoms with Gasteiger partial charge >= 0.3 is 5.97 Å². The Bertz CT molecular complexity index is 620. The lowest BCUT2D eigenvalue weighted by atomic mass is 10.2. The van der Waals surface area contributed by atoms with Crippen molar-refractivity contribution in [3.8, 4) is 0 Å². The van der Waals surface area contributed by atoms with Crippen LogP contribution >= 0.6 is 23.1 Å². The Balaban J connectivity index is 2.15. The van der Waals surface area contributed by atoms with Crippen LogP contribution in [0.2, 0.25) is 0 Å². The zero-order valence-corrected chi connectivity index (χ0v) is 12.6. The smallest absolute Gasteiger partial charge is 0.340 e. The van der Waals surface area contributed by atoms with Crippen molar-refractivity contribution in [2.24, 2.45) is 0 Å². The molecule has 1 heterocycles. The van der Waals surface area contributed by atoms with Crippen LogP contribution < -0.4 is 5.32 Å². The molecule has 1 amide bonds. The second-order valence-corrected chi connectivity index (χ2v) is 5.63. The molecule has 20 heavy (non-hydrogen) atoms. The number of carbonyl (C=O) groups is 2. The predicted octanol–water partition coefficient (Wildman–Crippen LogP) is 3.51. The van der Waals surface area contributed by atoms with Gasteiger partial charge in [0.2, 0.25) is 0 Å². The van der Waals surface area contributed by atoms with Crippen molar-refractivity contribution in [1.29, 1.82) is 0 Å². The molecule has 1 aromatic heterocycles. The van der Waals surface area contributed by atoms with E-state index in [1.54, 1.807) is 35.3 Å². The second-order valence-electron chi connectivity index (χ2n) is 3.84. The maximum absolute atomic E-state index is 12.1. The van der Waals surface area contributed by atoms with E-state index in [2.05, 4.69) is 10.1 Å². The third-order valence-electron chi connectivity index (χ3n) is 2.65. The number of thiophene rings is 1. The van der Waals surface area contributed by atoms with E-state index in [0.29, 0.717) is 16.1 Å². The van der Waals surface area contributed by atoms with Crippen LogP contribution in [0.3, 0.4) is 0 Å². The van der Waals surface area contributed by atoms with E-state index < -0.39 is 5.97 Å². The van der Waals surface area contributed by atoms with Gasteiger partial charge in [-0.3, -0.25) is 4.79 Å². The molecule has 0 fully saturated rings. The van der Waals surface area contributed by atoms with Crippen molar-refractivity contribution in [2.75, 3.05) is 18.7 Å². The molecule has 0 aliphatic heterocycles. The molecule has 0 saturated carbocycles. The van der Waals surface area contributed by atoms with E-state index in [1.165, 1.54) is 18.4 Å². The average molecular weight is 307 g/mol. The largest absolute Gasteiger partial charge is 0.465 e. The van der Waals surface area contributed by atoms with Gasteiger partial charge < -0.3 is 10.1 Å². The van der Waals surface area contributed by atoms with E-state index in [-0.39, 0.29) is 5.91 Å². The molecular formula is C14H13NO3S2. The number of carbonyl (C=O) groups excluding carboxylic acids is 2. The number of esters is 1. The van der Waals surface area contributed by atoms with Crippen LogP contribution in [0.15, 0.2) is 40.6 Å². The summed E-state index contributed by atoms with van der Waals surface area (Å²) in [6.45, 7) is 0. The SMILES string of the molecule is COC(=O)c1ccsc1NC(=O)c1ccc(SC)cc1. The van der Waals surface area contributed by atoms with Gasteiger partial charge in [0, 0.05) is 10.5 Å². The van der Waals surface area contributed by atoms with E-state index in [1.807, 2.05) is 18.4 Å². The lowest BCUT2D eigenvalue weighted by molar-refractivity contribution is 0.0602. The Kier molecular flexibility index (Phi) is 4.81. The molecule has 0 spiro atoms. The fourth-order valence-corrected chi connectivity index (χ4v) is 2.77. The first-order valence-corrected chi connectivity index (χ1v) is 7.87.